The van der Waals surface area contributed by atoms with E-state index in [0.717, 1.165) is 24.1 Å². The average Bonchev–Trinajstić information content (AvgIpc) is 2.87. The fourth-order valence-corrected chi connectivity index (χ4v) is 4.38. The maximum Gasteiger partial charge on any atom is 0.329 e. The lowest BCUT2D eigenvalue weighted by Gasteiger charge is -2.20. The summed E-state index contributed by atoms with van der Waals surface area (Å²) in [7, 11) is 7.91. The van der Waals surface area contributed by atoms with Crippen molar-refractivity contribution < 1.29 is 24.2 Å². The third-order valence-corrected chi connectivity index (χ3v) is 6.05. The van der Waals surface area contributed by atoms with Crippen LogP contribution in [0.25, 0.3) is 0 Å². The zero-order chi connectivity index (χ0) is 33.1. The van der Waals surface area contributed by atoms with Crippen LogP contribution in [0.5, 0.6) is 0 Å². The van der Waals surface area contributed by atoms with Crippen LogP contribution in [-0.4, -0.2) is 85.6 Å². The number of likely N-dealkylation sites (N-methyl/N-ethyl adjacent to an activating group) is 1. The van der Waals surface area contributed by atoms with Crippen molar-refractivity contribution in [2.24, 2.45) is 17.8 Å². The van der Waals surface area contributed by atoms with E-state index in [1.165, 1.54) is 4.57 Å². The quantitative estimate of drug-likeness (QED) is 0.319. The van der Waals surface area contributed by atoms with Crippen LogP contribution in [0, 0.1) is 17.8 Å². The molecule has 1 aliphatic rings. The predicted octanol–water partition coefficient (Wildman–Crippen LogP) is 4.20. The molecule has 0 saturated heterocycles. The van der Waals surface area contributed by atoms with Gasteiger partial charge in [0.25, 0.3) is 5.56 Å². The van der Waals surface area contributed by atoms with Crippen LogP contribution in [0.15, 0.2) is 47.0 Å². The van der Waals surface area contributed by atoms with E-state index in [-0.39, 0.29) is 23.4 Å². The van der Waals surface area contributed by atoms with Gasteiger partial charge in [-0.1, -0.05) is 34.6 Å². The Morgan fingerprint density at radius 3 is 1.95 bits per heavy atom. The van der Waals surface area contributed by atoms with Crippen molar-refractivity contribution in [3.63, 3.8) is 0 Å². The Labute approximate surface area is 259 Å². The number of pyridine rings is 1. The number of hydrogen-bond donors (Lipinski definition) is 2. The molecule has 2 rings (SSSR count). The molecular formula is C33H58N4O6. The molecule has 3 atom stereocenters. The number of dihydropyridines is 1. The first-order valence-corrected chi connectivity index (χ1v) is 15.3. The molecule has 0 aliphatic carbocycles. The van der Waals surface area contributed by atoms with Crippen LogP contribution in [0.1, 0.15) is 72.9 Å². The van der Waals surface area contributed by atoms with E-state index < -0.39 is 12.3 Å². The number of aromatic nitrogens is 1. The van der Waals surface area contributed by atoms with E-state index in [2.05, 4.69) is 24.1 Å². The number of hydrogen-bond acceptors (Lipinski definition) is 9. The molecule has 0 bridgehead atoms. The minimum absolute atomic E-state index is 0.0509. The van der Waals surface area contributed by atoms with E-state index >= 15 is 0 Å². The average molecular weight is 607 g/mol. The van der Waals surface area contributed by atoms with Crippen molar-refractivity contribution in [3.05, 3.63) is 58.2 Å². The maximum atomic E-state index is 12.3. The highest BCUT2D eigenvalue weighted by molar-refractivity contribution is 5.74. The number of rotatable bonds is 13. The van der Waals surface area contributed by atoms with Gasteiger partial charge in [0.15, 0.2) is 0 Å². The Hall–Kier alpha value is -2.95. The van der Waals surface area contributed by atoms with Crippen molar-refractivity contribution in [3.8, 4) is 0 Å². The fourth-order valence-electron chi connectivity index (χ4n) is 4.38. The normalized spacial score (nSPS) is 15.5. The third kappa shape index (κ3) is 18.3. The van der Waals surface area contributed by atoms with Gasteiger partial charge in [-0.2, -0.15) is 0 Å². The number of aliphatic hydroxyl groups is 1. The van der Waals surface area contributed by atoms with Crippen molar-refractivity contribution in [1.82, 2.24) is 19.7 Å². The molecule has 0 aromatic carbocycles. The van der Waals surface area contributed by atoms with Gasteiger partial charge in [0.05, 0.1) is 19.1 Å². The summed E-state index contributed by atoms with van der Waals surface area (Å²) in [5.41, 5.74) is 1.92. The minimum atomic E-state index is -0.550. The minimum Gasteiger partial charge on any atom is -0.466 e. The first kappa shape index (κ1) is 40.1. The van der Waals surface area contributed by atoms with Gasteiger partial charge in [-0.15, -0.1) is 0 Å². The zero-order valence-electron chi connectivity index (χ0n) is 28.4. The predicted molar refractivity (Wildman–Crippen MR) is 173 cm³/mol. The lowest BCUT2D eigenvalue weighted by atomic mass is 9.99. The molecule has 10 heteroatoms. The van der Waals surface area contributed by atoms with E-state index in [9.17, 15) is 14.4 Å². The van der Waals surface area contributed by atoms with Crippen molar-refractivity contribution >= 4 is 11.9 Å². The molecule has 3 unspecified atom stereocenters. The second kappa shape index (κ2) is 21.7. The van der Waals surface area contributed by atoms with Gasteiger partial charge in [-0.25, -0.2) is 4.79 Å². The second-order valence-corrected chi connectivity index (χ2v) is 12.1. The standard InChI is InChI=1S/C16H26N2O3.C9H18O2.C8H14N2O/c1-6-21-16(20)14(9-12(2)3)18-8-7-13(10-15(18)19)11-17(4)5;1-5-11-9(10)8(4)6-7(2)3;1-10(2)6-7-3-4-9-8(11)5-7/h7-8,10,12,14H,6,9,11H2,1-5H3;7-8H,5-6H2,1-4H3;3-5,8-9,11H,6H2,1-2H3. The molecule has 2 N–H and O–H groups in total. The molecule has 1 aliphatic heterocycles. The molecular weight excluding hydrogens is 548 g/mol. The molecule has 1 aromatic heterocycles. The SMILES string of the molecule is CCOC(=O)C(C)CC(C)C.CCOC(=O)C(CC(C)C)n1ccc(CN(C)C)cc1=O.CN(C)CC1=CC(O)NC=C1. The molecule has 10 nitrogen and oxygen atoms in total. The van der Waals surface area contributed by atoms with Crippen LogP contribution in [0.3, 0.4) is 0 Å². The second-order valence-electron chi connectivity index (χ2n) is 12.1. The van der Waals surface area contributed by atoms with Gasteiger partial charge < -0.3 is 34.3 Å². The zero-order valence-corrected chi connectivity index (χ0v) is 28.4. The van der Waals surface area contributed by atoms with Crippen LogP contribution in [-0.2, 0) is 25.6 Å². The monoisotopic (exact) mass is 606 g/mol. The molecule has 0 saturated carbocycles. The molecule has 0 radical (unpaired) electrons. The number of carbonyl (C=O) groups is 2. The number of ether oxygens (including phenoxy) is 2. The number of nitrogens with zero attached hydrogens (tertiary/aromatic N) is 3. The third-order valence-electron chi connectivity index (χ3n) is 6.05. The first-order valence-electron chi connectivity index (χ1n) is 15.3. The Bertz CT molecular complexity index is 1060. The summed E-state index contributed by atoms with van der Waals surface area (Å²) in [4.78, 5) is 39.5. The number of esters is 2. The van der Waals surface area contributed by atoms with Crippen LogP contribution in [0.2, 0.25) is 0 Å². The Morgan fingerprint density at radius 1 is 0.930 bits per heavy atom. The highest BCUT2D eigenvalue weighted by Gasteiger charge is 2.24. The molecule has 0 fully saturated rings. The van der Waals surface area contributed by atoms with Crippen molar-refractivity contribution in [2.45, 2.75) is 80.1 Å². The molecule has 2 heterocycles. The highest BCUT2D eigenvalue weighted by atomic mass is 16.5. The lowest BCUT2D eigenvalue weighted by molar-refractivity contribution is -0.148. The first-order chi connectivity index (χ1) is 20.1. The molecule has 43 heavy (non-hydrogen) atoms. The smallest absolute Gasteiger partial charge is 0.329 e. The largest absolute Gasteiger partial charge is 0.466 e. The number of carbonyl (C=O) groups excluding carboxylic acids is 2. The van der Waals surface area contributed by atoms with Gasteiger partial charge in [0.1, 0.15) is 12.3 Å². The van der Waals surface area contributed by atoms with Gasteiger partial charge in [0.2, 0.25) is 0 Å². The maximum absolute atomic E-state index is 12.3. The molecule has 0 spiro atoms. The summed E-state index contributed by atoms with van der Waals surface area (Å²) < 4.78 is 11.5. The van der Waals surface area contributed by atoms with E-state index in [1.54, 1.807) is 31.5 Å². The summed E-state index contributed by atoms with van der Waals surface area (Å²) in [6.07, 6.45) is 8.22. The summed E-state index contributed by atoms with van der Waals surface area (Å²) >= 11 is 0. The van der Waals surface area contributed by atoms with E-state index in [1.807, 2.05) is 72.9 Å². The van der Waals surface area contributed by atoms with Crippen molar-refractivity contribution in [1.29, 1.82) is 0 Å². The number of aliphatic hydroxyl groups excluding tert-OH is 1. The Morgan fingerprint density at radius 2 is 1.49 bits per heavy atom. The summed E-state index contributed by atoms with van der Waals surface area (Å²) in [6, 6.07) is 2.92. The van der Waals surface area contributed by atoms with Crippen LogP contribution < -0.4 is 10.9 Å². The van der Waals surface area contributed by atoms with Gasteiger partial charge in [0, 0.05) is 25.4 Å². The summed E-state index contributed by atoms with van der Waals surface area (Å²) in [5.74, 6) is 0.506. The topological polar surface area (TPSA) is 113 Å². The Balaban J connectivity index is 0.000000677. The molecule has 1 aromatic rings. The molecule has 246 valence electrons. The summed E-state index contributed by atoms with van der Waals surface area (Å²) in [6.45, 7) is 16.2. The van der Waals surface area contributed by atoms with Crippen molar-refractivity contribution in [2.75, 3.05) is 47.9 Å². The van der Waals surface area contributed by atoms with Gasteiger partial charge in [-0.3, -0.25) is 9.59 Å². The fraction of sp³-hybridized carbons (Fsp3) is 0.667. The van der Waals surface area contributed by atoms with Gasteiger partial charge in [-0.05, 0) is 102 Å². The highest BCUT2D eigenvalue weighted by Crippen LogP contribution is 2.18. The Kier molecular flexibility index (Phi) is 20.2. The van der Waals surface area contributed by atoms with Crippen LogP contribution >= 0.6 is 0 Å². The lowest BCUT2D eigenvalue weighted by Crippen LogP contribution is -2.32. The van der Waals surface area contributed by atoms with E-state index in [0.29, 0.717) is 38.0 Å². The van der Waals surface area contributed by atoms with Crippen LogP contribution in [0.4, 0.5) is 0 Å². The van der Waals surface area contributed by atoms with Gasteiger partial charge >= 0.3 is 11.9 Å². The summed E-state index contributed by atoms with van der Waals surface area (Å²) in [5, 5.41) is 11.9. The number of nitrogens with one attached hydrogen (secondary N) is 1. The molecule has 0 amide bonds. The van der Waals surface area contributed by atoms with E-state index in [4.69, 9.17) is 14.6 Å².